The van der Waals surface area contributed by atoms with E-state index in [0.29, 0.717) is 16.8 Å². The number of carbonyl (C=O) groups is 3. The van der Waals surface area contributed by atoms with E-state index in [4.69, 9.17) is 9.15 Å². The van der Waals surface area contributed by atoms with Gasteiger partial charge in [-0.15, -0.1) is 0 Å². The molecule has 0 aliphatic heterocycles. The van der Waals surface area contributed by atoms with Gasteiger partial charge in [0.15, 0.2) is 18.4 Å². The van der Waals surface area contributed by atoms with Gasteiger partial charge in [0.1, 0.15) is 0 Å². The standard InChI is InChI=1S/C22H19N3O7/c1-14-12-16(25(29)30)9-10-17(14)23-19(26)13-32-22(28)20(15-6-3-2-4-7-15)24-21(27)18-8-5-11-31-18/h2-12,20H,13H2,1H3,(H,23,26)(H,24,27). The van der Waals surface area contributed by atoms with Gasteiger partial charge < -0.3 is 19.8 Å². The van der Waals surface area contributed by atoms with Crippen LogP contribution in [0.15, 0.2) is 71.3 Å². The quantitative estimate of drug-likeness (QED) is 0.313. The lowest BCUT2D eigenvalue weighted by Gasteiger charge is -2.17. The second-order valence-electron chi connectivity index (χ2n) is 6.71. The average Bonchev–Trinajstić information content (AvgIpc) is 3.32. The minimum atomic E-state index is -1.16. The lowest BCUT2D eigenvalue weighted by Crippen LogP contribution is -2.36. The SMILES string of the molecule is Cc1cc([N+](=O)[O-])ccc1NC(=O)COC(=O)C(NC(=O)c1ccco1)c1ccccc1. The third kappa shape index (κ3) is 5.57. The molecule has 0 spiro atoms. The van der Waals surface area contributed by atoms with Crippen molar-refractivity contribution in [1.29, 1.82) is 0 Å². The van der Waals surface area contributed by atoms with Gasteiger partial charge in [0.25, 0.3) is 17.5 Å². The van der Waals surface area contributed by atoms with Gasteiger partial charge in [-0.05, 0) is 36.2 Å². The molecule has 164 valence electrons. The summed E-state index contributed by atoms with van der Waals surface area (Å²) >= 11 is 0. The lowest BCUT2D eigenvalue weighted by molar-refractivity contribution is -0.384. The van der Waals surface area contributed by atoms with Gasteiger partial charge in [0, 0.05) is 17.8 Å². The molecular weight excluding hydrogens is 418 g/mol. The fourth-order valence-electron chi connectivity index (χ4n) is 2.84. The highest BCUT2D eigenvalue weighted by atomic mass is 16.6. The normalized spacial score (nSPS) is 11.3. The minimum Gasteiger partial charge on any atom is -0.459 e. The predicted octanol–water partition coefficient (Wildman–Crippen LogP) is 3.15. The molecule has 0 fully saturated rings. The summed E-state index contributed by atoms with van der Waals surface area (Å²) in [4.78, 5) is 47.5. The van der Waals surface area contributed by atoms with Gasteiger partial charge in [-0.2, -0.15) is 0 Å². The molecule has 1 atom stereocenters. The number of nitro groups is 1. The number of esters is 1. The molecule has 2 amide bonds. The van der Waals surface area contributed by atoms with E-state index in [0.717, 1.165) is 0 Å². The van der Waals surface area contributed by atoms with Crippen molar-refractivity contribution in [3.8, 4) is 0 Å². The van der Waals surface area contributed by atoms with Crippen molar-refractivity contribution in [3.05, 3.63) is 93.9 Å². The molecule has 0 radical (unpaired) electrons. The monoisotopic (exact) mass is 437 g/mol. The van der Waals surface area contributed by atoms with E-state index in [9.17, 15) is 24.5 Å². The number of nitro benzene ring substituents is 1. The van der Waals surface area contributed by atoms with E-state index in [1.54, 1.807) is 37.3 Å². The number of ether oxygens (including phenoxy) is 1. The Bertz CT molecular complexity index is 1130. The summed E-state index contributed by atoms with van der Waals surface area (Å²) < 4.78 is 10.1. The maximum atomic E-state index is 12.7. The van der Waals surface area contributed by atoms with E-state index < -0.39 is 35.4 Å². The van der Waals surface area contributed by atoms with Gasteiger partial charge in [-0.25, -0.2) is 4.79 Å². The van der Waals surface area contributed by atoms with E-state index in [1.807, 2.05) is 0 Å². The summed E-state index contributed by atoms with van der Waals surface area (Å²) in [5.74, 6) is -2.08. The number of rotatable bonds is 8. The number of hydrogen-bond acceptors (Lipinski definition) is 7. The Morgan fingerprint density at radius 1 is 1.09 bits per heavy atom. The fraction of sp³-hybridized carbons (Fsp3) is 0.136. The summed E-state index contributed by atoms with van der Waals surface area (Å²) in [7, 11) is 0. The zero-order valence-corrected chi connectivity index (χ0v) is 16.9. The predicted molar refractivity (Wildman–Crippen MR) is 113 cm³/mol. The molecule has 10 nitrogen and oxygen atoms in total. The number of aryl methyl sites for hydroxylation is 1. The van der Waals surface area contributed by atoms with Crippen LogP contribution in [0.4, 0.5) is 11.4 Å². The highest BCUT2D eigenvalue weighted by Gasteiger charge is 2.26. The van der Waals surface area contributed by atoms with Crippen LogP contribution < -0.4 is 10.6 Å². The van der Waals surface area contributed by atoms with Crippen molar-refractivity contribution < 1.29 is 28.5 Å². The first-order valence-electron chi connectivity index (χ1n) is 9.46. The first kappa shape index (κ1) is 22.2. The summed E-state index contributed by atoms with van der Waals surface area (Å²) in [6.45, 7) is 0.986. The Morgan fingerprint density at radius 3 is 2.47 bits per heavy atom. The maximum absolute atomic E-state index is 12.7. The van der Waals surface area contributed by atoms with E-state index in [2.05, 4.69) is 10.6 Å². The number of furan rings is 1. The number of anilines is 1. The Hall–Kier alpha value is -4.47. The molecule has 0 saturated carbocycles. The number of hydrogen-bond donors (Lipinski definition) is 2. The van der Waals surface area contributed by atoms with Crippen molar-refractivity contribution in [2.24, 2.45) is 0 Å². The number of amides is 2. The van der Waals surface area contributed by atoms with Gasteiger partial charge in [0.05, 0.1) is 11.2 Å². The third-order valence-electron chi connectivity index (χ3n) is 4.43. The van der Waals surface area contributed by atoms with Crippen LogP contribution in [0.25, 0.3) is 0 Å². The summed E-state index contributed by atoms with van der Waals surface area (Å²) in [5.41, 5.74) is 1.18. The zero-order chi connectivity index (χ0) is 23.1. The first-order chi connectivity index (χ1) is 15.3. The molecule has 2 N–H and O–H groups in total. The van der Waals surface area contributed by atoms with Gasteiger partial charge in [-0.3, -0.25) is 19.7 Å². The van der Waals surface area contributed by atoms with Crippen LogP contribution in [-0.4, -0.2) is 29.3 Å². The molecule has 2 aromatic carbocycles. The van der Waals surface area contributed by atoms with Crippen LogP contribution in [0.3, 0.4) is 0 Å². The molecule has 3 aromatic rings. The summed E-state index contributed by atoms with van der Waals surface area (Å²) in [6, 6.07) is 14.2. The summed E-state index contributed by atoms with van der Waals surface area (Å²) in [6.07, 6.45) is 1.33. The topological polar surface area (TPSA) is 141 Å². The van der Waals surface area contributed by atoms with Crippen molar-refractivity contribution in [2.75, 3.05) is 11.9 Å². The van der Waals surface area contributed by atoms with Gasteiger partial charge >= 0.3 is 5.97 Å². The second kappa shape index (κ2) is 10.0. The first-order valence-corrected chi connectivity index (χ1v) is 9.46. The highest BCUT2D eigenvalue weighted by Crippen LogP contribution is 2.21. The zero-order valence-electron chi connectivity index (χ0n) is 16.9. The molecule has 1 aromatic heterocycles. The Kier molecular flexibility index (Phi) is 6.96. The maximum Gasteiger partial charge on any atom is 0.333 e. The molecule has 3 rings (SSSR count). The Morgan fingerprint density at radius 2 is 1.84 bits per heavy atom. The third-order valence-corrected chi connectivity index (χ3v) is 4.43. The fourth-order valence-corrected chi connectivity index (χ4v) is 2.84. The van der Waals surface area contributed by atoms with Gasteiger partial charge in [0.2, 0.25) is 0 Å². The highest BCUT2D eigenvalue weighted by molar-refractivity contribution is 5.96. The Labute approximate surface area is 182 Å². The smallest absolute Gasteiger partial charge is 0.333 e. The van der Waals surface area contributed by atoms with Crippen LogP contribution >= 0.6 is 0 Å². The average molecular weight is 437 g/mol. The van der Waals surface area contributed by atoms with E-state index >= 15 is 0 Å². The molecule has 0 aliphatic carbocycles. The molecule has 0 bridgehead atoms. The van der Waals surface area contributed by atoms with Crippen LogP contribution in [0.2, 0.25) is 0 Å². The van der Waals surface area contributed by atoms with Crippen LogP contribution in [0, 0.1) is 17.0 Å². The van der Waals surface area contributed by atoms with Crippen molar-refractivity contribution in [3.63, 3.8) is 0 Å². The minimum absolute atomic E-state index is 0.0186. The van der Waals surface area contributed by atoms with Crippen LogP contribution in [-0.2, 0) is 14.3 Å². The van der Waals surface area contributed by atoms with Crippen molar-refractivity contribution >= 4 is 29.2 Å². The number of benzene rings is 2. The van der Waals surface area contributed by atoms with E-state index in [-0.39, 0.29) is 11.4 Å². The summed E-state index contributed by atoms with van der Waals surface area (Å²) in [5, 5.41) is 15.9. The molecule has 1 unspecified atom stereocenters. The van der Waals surface area contributed by atoms with Crippen LogP contribution in [0.5, 0.6) is 0 Å². The number of nitrogens with one attached hydrogen (secondary N) is 2. The molecule has 32 heavy (non-hydrogen) atoms. The molecule has 1 heterocycles. The van der Waals surface area contributed by atoms with Crippen molar-refractivity contribution in [1.82, 2.24) is 5.32 Å². The van der Waals surface area contributed by atoms with Gasteiger partial charge in [-0.1, -0.05) is 30.3 Å². The molecule has 0 aliphatic rings. The number of non-ortho nitro benzene ring substituents is 1. The van der Waals surface area contributed by atoms with Crippen molar-refractivity contribution in [2.45, 2.75) is 13.0 Å². The number of carbonyl (C=O) groups excluding carboxylic acids is 3. The molecule has 10 heteroatoms. The Balaban J connectivity index is 1.65. The van der Waals surface area contributed by atoms with Crippen LogP contribution in [0.1, 0.15) is 27.7 Å². The second-order valence-corrected chi connectivity index (χ2v) is 6.71. The molecule has 0 saturated heterocycles. The lowest BCUT2D eigenvalue weighted by atomic mass is 10.1. The van der Waals surface area contributed by atoms with E-state index in [1.165, 1.54) is 36.6 Å². The number of nitrogens with zero attached hydrogens (tertiary/aromatic N) is 1. The largest absolute Gasteiger partial charge is 0.459 e. The molecular formula is C22H19N3O7.